The molecule has 6 nitrogen and oxygen atoms in total. The maximum absolute atomic E-state index is 13.7. The Hall–Kier alpha value is -1.43. The monoisotopic (exact) mass is 737 g/mol. The van der Waals surface area contributed by atoms with Gasteiger partial charge in [0.2, 0.25) is 0 Å². The van der Waals surface area contributed by atoms with Crippen LogP contribution in [0.4, 0.5) is 0 Å². The van der Waals surface area contributed by atoms with E-state index in [4.69, 9.17) is 4.74 Å². The number of amides is 2. The number of hydrogen-bond donors (Lipinski definition) is 0. The zero-order chi connectivity index (χ0) is 38.0. The van der Waals surface area contributed by atoms with Gasteiger partial charge >= 0.3 is 5.97 Å². The molecule has 2 atom stereocenters. The van der Waals surface area contributed by atoms with Crippen LogP contribution in [-0.2, 0) is 19.1 Å². The second kappa shape index (κ2) is 36.5. The molecule has 0 aliphatic heterocycles. The van der Waals surface area contributed by atoms with Gasteiger partial charge in [0.25, 0.3) is 11.8 Å². The third-order valence-electron chi connectivity index (χ3n) is 11.0. The molecular formula is C46H92N2O4. The van der Waals surface area contributed by atoms with E-state index in [9.17, 15) is 14.4 Å². The first-order chi connectivity index (χ1) is 24.6. The van der Waals surface area contributed by atoms with Gasteiger partial charge in [0.15, 0.2) is 0 Å². The molecule has 0 aliphatic carbocycles. The fourth-order valence-corrected chi connectivity index (χ4v) is 7.45. The van der Waals surface area contributed by atoms with Crippen LogP contribution in [0, 0.1) is 19.3 Å². The molecule has 0 saturated carbocycles. The van der Waals surface area contributed by atoms with Crippen molar-refractivity contribution in [3.05, 3.63) is 7.43 Å². The van der Waals surface area contributed by atoms with Crippen LogP contribution in [0.25, 0.3) is 0 Å². The largest absolute Gasteiger partial charge is 0.465 e. The van der Waals surface area contributed by atoms with Crippen molar-refractivity contribution in [3.8, 4) is 0 Å². The van der Waals surface area contributed by atoms with E-state index in [0.717, 1.165) is 32.2 Å². The zero-order valence-corrected chi connectivity index (χ0v) is 36.5. The van der Waals surface area contributed by atoms with Crippen LogP contribution in [-0.4, -0.2) is 54.6 Å². The lowest BCUT2D eigenvalue weighted by Gasteiger charge is -2.39. The Balaban J connectivity index is 0. The van der Waals surface area contributed by atoms with E-state index in [0.29, 0.717) is 25.9 Å². The van der Waals surface area contributed by atoms with E-state index in [1.54, 1.807) is 0 Å². The predicted octanol–water partition coefficient (Wildman–Crippen LogP) is 13.8. The summed E-state index contributed by atoms with van der Waals surface area (Å²) in [7, 11) is 3.95. The number of carbonyl (C=O) groups excluding carboxylic acids is 3. The van der Waals surface area contributed by atoms with Crippen LogP contribution < -0.4 is 0 Å². The molecule has 0 spiro atoms. The topological polar surface area (TPSA) is 63.7 Å². The molecule has 0 saturated heterocycles. The highest BCUT2D eigenvalue weighted by molar-refractivity contribution is 5.93. The summed E-state index contributed by atoms with van der Waals surface area (Å²) in [5, 5.41) is 1.47. The summed E-state index contributed by atoms with van der Waals surface area (Å²) in [6.07, 6.45) is 38.5. The summed E-state index contributed by atoms with van der Waals surface area (Å²) >= 11 is 0. The number of esters is 1. The smallest absolute Gasteiger partial charge is 0.308 e. The van der Waals surface area contributed by atoms with Gasteiger partial charge < -0.3 is 12.2 Å². The number of carbonyl (C=O) groups is 3. The summed E-state index contributed by atoms with van der Waals surface area (Å²) in [6, 6.07) is 0. The van der Waals surface area contributed by atoms with Gasteiger partial charge in [-0.25, -0.2) is 4.59 Å². The van der Waals surface area contributed by atoms with E-state index >= 15 is 0 Å². The molecule has 0 aromatic rings. The van der Waals surface area contributed by atoms with Gasteiger partial charge in [-0.3, -0.25) is 14.4 Å². The van der Waals surface area contributed by atoms with E-state index in [1.807, 2.05) is 27.9 Å². The lowest BCUT2D eigenvalue weighted by atomic mass is 9.94. The van der Waals surface area contributed by atoms with Crippen LogP contribution in [0.3, 0.4) is 0 Å². The van der Waals surface area contributed by atoms with E-state index in [-0.39, 0.29) is 41.6 Å². The molecule has 0 fully saturated rings. The Morgan fingerprint density at radius 3 is 1.23 bits per heavy atom. The van der Waals surface area contributed by atoms with E-state index < -0.39 is 0 Å². The van der Waals surface area contributed by atoms with Crippen molar-refractivity contribution in [2.45, 2.75) is 234 Å². The molecule has 0 heterocycles. The van der Waals surface area contributed by atoms with Crippen molar-refractivity contribution in [1.82, 2.24) is 5.01 Å². The molecule has 52 heavy (non-hydrogen) atoms. The molecule has 0 rings (SSSR count). The number of unbranched alkanes of at least 4 members (excludes halogenated alkanes) is 26. The van der Waals surface area contributed by atoms with Gasteiger partial charge in [-0.15, -0.1) is 5.01 Å². The fraction of sp³-hybridized carbons (Fsp3) is 0.913. The fourth-order valence-electron chi connectivity index (χ4n) is 7.45. The summed E-state index contributed by atoms with van der Waals surface area (Å²) in [5.41, 5.74) is 0. The first kappa shape index (κ1) is 52.7. The molecule has 310 valence electrons. The van der Waals surface area contributed by atoms with Crippen LogP contribution in [0.15, 0.2) is 0 Å². The summed E-state index contributed by atoms with van der Waals surface area (Å²) in [4.78, 5) is 39.1. The first-order valence-electron chi connectivity index (χ1n) is 22.5. The highest BCUT2D eigenvalue weighted by Gasteiger charge is 2.38. The van der Waals surface area contributed by atoms with Gasteiger partial charge in [-0.2, -0.15) is 0 Å². The standard InChI is InChI=1S/C45H89N2O4.CH3/c1-8-11-13-15-17-19-21-23-24-25-26-28-30-32-34-36-40-51-45(50)41(4)37-38-43(10-3)44(49)46(42(5)48)47(6,7)39-35-33-31-29-27-22-20-18-16-14-12-9-2;/h41,43H,8-40H2,1-7H3;1H3/q+1;-1. The number of hydrogen-bond acceptors (Lipinski definition) is 4. The van der Waals surface area contributed by atoms with Gasteiger partial charge in [-0.05, 0) is 38.5 Å². The number of ether oxygens (including phenoxy) is 1. The van der Waals surface area contributed by atoms with Crippen molar-refractivity contribution < 1.29 is 23.7 Å². The highest BCUT2D eigenvalue weighted by atomic mass is 16.5. The third-order valence-corrected chi connectivity index (χ3v) is 11.0. The zero-order valence-electron chi connectivity index (χ0n) is 36.5. The van der Waals surface area contributed by atoms with E-state index in [1.165, 1.54) is 166 Å². The summed E-state index contributed by atoms with van der Waals surface area (Å²) < 4.78 is 5.87. The van der Waals surface area contributed by atoms with E-state index in [2.05, 4.69) is 13.8 Å². The van der Waals surface area contributed by atoms with Crippen molar-refractivity contribution >= 4 is 17.8 Å². The molecule has 0 bridgehead atoms. The SMILES string of the molecule is CCCCCCCCCCCCCCCCCCOC(=O)C(C)CCC(CC)C(=O)N(C(C)=O)[N+](C)(C)CCCCCCCCCCCCCC.[CH3-]. The number of quaternary nitrogens is 1. The maximum Gasteiger partial charge on any atom is 0.308 e. The maximum atomic E-state index is 13.7. The van der Waals surface area contributed by atoms with Crippen LogP contribution in [0.2, 0.25) is 0 Å². The highest BCUT2D eigenvalue weighted by Crippen LogP contribution is 2.23. The molecule has 0 aromatic carbocycles. The Labute approximate surface area is 325 Å². The predicted molar refractivity (Wildman–Crippen MR) is 225 cm³/mol. The van der Waals surface area contributed by atoms with Gasteiger partial charge in [0, 0.05) is 12.8 Å². The lowest BCUT2D eigenvalue weighted by Crippen LogP contribution is -2.61. The van der Waals surface area contributed by atoms with Crippen molar-refractivity contribution in [3.63, 3.8) is 0 Å². The Morgan fingerprint density at radius 2 is 0.885 bits per heavy atom. The van der Waals surface area contributed by atoms with Gasteiger partial charge in [0.1, 0.15) is 6.54 Å². The average molecular weight is 737 g/mol. The second-order valence-corrected chi connectivity index (χ2v) is 16.5. The minimum Gasteiger partial charge on any atom is -0.465 e. The van der Waals surface area contributed by atoms with Crippen LogP contribution in [0.1, 0.15) is 234 Å². The number of rotatable bonds is 37. The normalized spacial score (nSPS) is 12.7. The molecule has 0 N–H and O–H groups in total. The minimum atomic E-state index is -0.274. The first-order valence-corrected chi connectivity index (χ1v) is 22.5. The summed E-state index contributed by atoms with van der Waals surface area (Å²) in [5.74, 6) is -0.993. The van der Waals surface area contributed by atoms with Crippen LogP contribution in [0.5, 0.6) is 0 Å². The Kier molecular flexibility index (Phi) is 37.0. The van der Waals surface area contributed by atoms with Crippen molar-refractivity contribution in [2.75, 3.05) is 27.2 Å². The van der Waals surface area contributed by atoms with Gasteiger partial charge in [-0.1, -0.05) is 188 Å². The molecule has 2 amide bonds. The Bertz CT molecular complexity index is 829. The van der Waals surface area contributed by atoms with Crippen molar-refractivity contribution in [1.29, 1.82) is 0 Å². The number of imide groups is 1. The molecule has 0 aromatic heterocycles. The lowest BCUT2D eigenvalue weighted by molar-refractivity contribution is -0.979. The minimum absolute atomic E-state index is 0. The molecule has 0 aliphatic rings. The molecular weight excluding hydrogens is 645 g/mol. The molecule has 0 radical (unpaired) electrons. The average Bonchev–Trinajstić information content (AvgIpc) is 3.09. The Morgan fingerprint density at radius 1 is 0.538 bits per heavy atom. The summed E-state index contributed by atoms with van der Waals surface area (Å²) in [6.45, 7) is 11.2. The van der Waals surface area contributed by atoms with Gasteiger partial charge in [0.05, 0.1) is 26.6 Å². The number of nitrogens with zero attached hydrogens (tertiary/aromatic N) is 2. The third kappa shape index (κ3) is 29.0. The molecule has 6 heteroatoms. The van der Waals surface area contributed by atoms with Crippen LogP contribution >= 0.6 is 0 Å². The second-order valence-electron chi connectivity index (χ2n) is 16.5. The molecule has 2 unspecified atom stereocenters. The van der Waals surface area contributed by atoms with Crippen molar-refractivity contribution in [2.24, 2.45) is 11.8 Å². The quantitative estimate of drug-likeness (QED) is 0.0209.